The third kappa shape index (κ3) is 6.02. The summed E-state index contributed by atoms with van der Waals surface area (Å²) in [6.07, 6.45) is 1.46. The molecular weight excluding hydrogens is 438 g/mol. The maximum absolute atomic E-state index is 12.9. The molecule has 7 nitrogen and oxygen atoms in total. The quantitative estimate of drug-likeness (QED) is 0.493. The molecular formula is C22H18ClN3O4S. The molecule has 3 rings (SSSR count). The Labute approximate surface area is 184 Å². The maximum Gasteiger partial charge on any atom is 0.272 e. The van der Waals surface area contributed by atoms with Gasteiger partial charge in [-0.15, -0.1) is 0 Å². The van der Waals surface area contributed by atoms with Crippen LogP contribution >= 0.6 is 11.6 Å². The fourth-order valence-electron chi connectivity index (χ4n) is 2.62. The Bertz CT molecular complexity index is 1240. The average Bonchev–Trinajstić information content (AvgIpc) is 2.75. The second-order valence-electron chi connectivity index (χ2n) is 6.42. The van der Waals surface area contributed by atoms with E-state index in [0.717, 1.165) is 0 Å². The number of carbonyl (C=O) groups excluding carboxylic acids is 2. The summed E-state index contributed by atoms with van der Waals surface area (Å²) in [6.45, 7) is 0. The number of carbonyl (C=O) groups is 2. The van der Waals surface area contributed by atoms with Crippen LogP contribution in [0.2, 0.25) is 5.02 Å². The number of amides is 2. The Morgan fingerprint density at radius 3 is 2.10 bits per heavy atom. The van der Waals surface area contributed by atoms with Gasteiger partial charge in [-0.3, -0.25) is 9.59 Å². The molecule has 0 fully saturated rings. The standard InChI is InChI=1S/C22H18ClN3O4S/c23-19-9-5-4-8-16(19)14-20(26-21(27)15-6-2-1-3-7-15)22(28)25-17-10-12-18(13-11-17)31(24,29)30/h1-14H,(H,25,28)(H,26,27)(H2,24,29,30)/b20-14-. The maximum atomic E-state index is 12.9. The Balaban J connectivity index is 1.89. The lowest BCUT2D eigenvalue weighted by molar-refractivity contribution is -0.113. The molecule has 3 aromatic rings. The van der Waals surface area contributed by atoms with Gasteiger partial charge in [0.1, 0.15) is 5.70 Å². The first kappa shape index (κ1) is 22.2. The van der Waals surface area contributed by atoms with Crippen molar-refractivity contribution in [2.75, 3.05) is 5.32 Å². The van der Waals surface area contributed by atoms with Gasteiger partial charge in [0.2, 0.25) is 10.0 Å². The zero-order valence-corrected chi connectivity index (χ0v) is 17.7. The minimum atomic E-state index is -3.85. The SMILES string of the molecule is NS(=O)(=O)c1ccc(NC(=O)/C(=C/c2ccccc2Cl)NC(=O)c2ccccc2)cc1. The molecule has 0 bridgehead atoms. The van der Waals surface area contributed by atoms with Gasteiger partial charge in [-0.1, -0.05) is 48.0 Å². The predicted molar refractivity (Wildman–Crippen MR) is 120 cm³/mol. The van der Waals surface area contributed by atoms with E-state index in [0.29, 0.717) is 21.8 Å². The van der Waals surface area contributed by atoms with Gasteiger partial charge in [0, 0.05) is 16.3 Å². The number of anilines is 1. The summed E-state index contributed by atoms with van der Waals surface area (Å²) in [5.41, 5.74) is 1.18. The molecule has 0 atom stereocenters. The zero-order valence-electron chi connectivity index (χ0n) is 16.1. The number of nitrogens with one attached hydrogen (secondary N) is 2. The van der Waals surface area contributed by atoms with Crippen molar-refractivity contribution in [3.05, 3.63) is 101 Å². The molecule has 31 heavy (non-hydrogen) atoms. The van der Waals surface area contributed by atoms with Crippen LogP contribution in [0.3, 0.4) is 0 Å². The Hall–Kier alpha value is -3.46. The molecule has 0 radical (unpaired) electrons. The number of benzene rings is 3. The van der Waals surface area contributed by atoms with Gasteiger partial charge >= 0.3 is 0 Å². The summed E-state index contributed by atoms with van der Waals surface area (Å²) in [5, 5.41) is 10.7. The molecule has 4 N–H and O–H groups in total. The summed E-state index contributed by atoms with van der Waals surface area (Å²) < 4.78 is 22.8. The van der Waals surface area contributed by atoms with Gasteiger partial charge in [-0.2, -0.15) is 0 Å². The lowest BCUT2D eigenvalue weighted by atomic mass is 10.1. The van der Waals surface area contributed by atoms with Crippen molar-refractivity contribution in [1.29, 1.82) is 0 Å². The Morgan fingerprint density at radius 2 is 1.48 bits per heavy atom. The van der Waals surface area contributed by atoms with Crippen molar-refractivity contribution in [3.63, 3.8) is 0 Å². The fraction of sp³-hybridized carbons (Fsp3) is 0. The van der Waals surface area contributed by atoms with Crippen LogP contribution in [0.4, 0.5) is 5.69 Å². The van der Waals surface area contributed by atoms with Crippen molar-refractivity contribution in [1.82, 2.24) is 5.32 Å². The number of nitrogens with two attached hydrogens (primary N) is 1. The lowest BCUT2D eigenvalue weighted by Crippen LogP contribution is -2.30. The molecule has 2 amide bonds. The molecule has 3 aromatic carbocycles. The van der Waals surface area contributed by atoms with Crippen LogP contribution in [-0.2, 0) is 14.8 Å². The first-order valence-electron chi connectivity index (χ1n) is 9.01. The normalized spacial score (nSPS) is 11.6. The third-order valence-corrected chi connectivity index (χ3v) is 5.45. The number of hydrogen-bond donors (Lipinski definition) is 3. The number of hydrogen-bond acceptors (Lipinski definition) is 4. The second kappa shape index (κ2) is 9.57. The van der Waals surface area contributed by atoms with E-state index >= 15 is 0 Å². The minimum Gasteiger partial charge on any atom is -0.321 e. The van der Waals surface area contributed by atoms with E-state index < -0.39 is 21.8 Å². The van der Waals surface area contributed by atoms with E-state index in [1.807, 2.05) is 0 Å². The summed E-state index contributed by atoms with van der Waals surface area (Å²) in [4.78, 5) is 25.4. The molecule has 0 heterocycles. The predicted octanol–water partition coefficient (Wildman–Crippen LogP) is 3.40. The molecule has 0 aliphatic heterocycles. The monoisotopic (exact) mass is 455 g/mol. The number of sulfonamides is 1. The van der Waals surface area contributed by atoms with Crippen LogP contribution in [-0.4, -0.2) is 20.2 Å². The van der Waals surface area contributed by atoms with Gasteiger partial charge in [0.05, 0.1) is 4.90 Å². The smallest absolute Gasteiger partial charge is 0.272 e. The number of rotatable bonds is 6. The van der Waals surface area contributed by atoms with Crippen LogP contribution in [0.25, 0.3) is 6.08 Å². The van der Waals surface area contributed by atoms with Crippen molar-refractivity contribution in [2.45, 2.75) is 4.90 Å². The molecule has 0 saturated carbocycles. The van der Waals surface area contributed by atoms with Gasteiger partial charge < -0.3 is 10.6 Å². The summed E-state index contributed by atoms with van der Waals surface area (Å²) in [6, 6.07) is 20.6. The molecule has 0 unspecified atom stereocenters. The highest BCUT2D eigenvalue weighted by atomic mass is 35.5. The average molecular weight is 456 g/mol. The highest BCUT2D eigenvalue weighted by molar-refractivity contribution is 7.89. The van der Waals surface area contributed by atoms with E-state index in [1.54, 1.807) is 54.6 Å². The largest absolute Gasteiger partial charge is 0.321 e. The van der Waals surface area contributed by atoms with Crippen LogP contribution < -0.4 is 15.8 Å². The molecule has 0 aliphatic carbocycles. The second-order valence-corrected chi connectivity index (χ2v) is 8.39. The molecule has 9 heteroatoms. The Morgan fingerprint density at radius 1 is 0.871 bits per heavy atom. The first-order valence-corrected chi connectivity index (χ1v) is 10.9. The molecule has 0 aliphatic rings. The summed E-state index contributed by atoms with van der Waals surface area (Å²) >= 11 is 6.19. The zero-order chi connectivity index (χ0) is 22.4. The van der Waals surface area contributed by atoms with E-state index in [-0.39, 0.29) is 10.6 Å². The van der Waals surface area contributed by atoms with Crippen LogP contribution in [0.5, 0.6) is 0 Å². The third-order valence-electron chi connectivity index (χ3n) is 4.17. The van der Waals surface area contributed by atoms with E-state index in [4.69, 9.17) is 16.7 Å². The lowest BCUT2D eigenvalue weighted by Gasteiger charge is -2.12. The van der Waals surface area contributed by atoms with Crippen LogP contribution in [0.15, 0.2) is 89.5 Å². The van der Waals surface area contributed by atoms with Crippen molar-refractivity contribution < 1.29 is 18.0 Å². The van der Waals surface area contributed by atoms with Gasteiger partial charge in [0.25, 0.3) is 11.8 Å². The van der Waals surface area contributed by atoms with Gasteiger partial charge in [-0.25, -0.2) is 13.6 Å². The molecule has 0 spiro atoms. The van der Waals surface area contributed by atoms with Crippen molar-refractivity contribution >= 4 is 45.2 Å². The topological polar surface area (TPSA) is 118 Å². The van der Waals surface area contributed by atoms with Crippen LogP contribution in [0.1, 0.15) is 15.9 Å². The fourth-order valence-corrected chi connectivity index (χ4v) is 3.32. The summed E-state index contributed by atoms with van der Waals surface area (Å²) in [5.74, 6) is -1.09. The highest BCUT2D eigenvalue weighted by Gasteiger charge is 2.16. The van der Waals surface area contributed by atoms with Gasteiger partial charge in [-0.05, 0) is 54.1 Å². The van der Waals surface area contributed by atoms with E-state index in [9.17, 15) is 18.0 Å². The van der Waals surface area contributed by atoms with Crippen LogP contribution in [0, 0.1) is 0 Å². The molecule has 158 valence electrons. The first-order chi connectivity index (χ1) is 14.7. The van der Waals surface area contributed by atoms with Gasteiger partial charge in [0.15, 0.2) is 0 Å². The number of primary sulfonamides is 1. The van der Waals surface area contributed by atoms with Crippen molar-refractivity contribution in [3.8, 4) is 0 Å². The molecule has 0 aromatic heterocycles. The van der Waals surface area contributed by atoms with E-state index in [1.165, 1.54) is 30.3 Å². The summed E-state index contributed by atoms with van der Waals surface area (Å²) in [7, 11) is -3.85. The van der Waals surface area contributed by atoms with Crippen molar-refractivity contribution in [2.24, 2.45) is 5.14 Å². The van der Waals surface area contributed by atoms with E-state index in [2.05, 4.69) is 10.6 Å². The highest BCUT2D eigenvalue weighted by Crippen LogP contribution is 2.19. The Kier molecular flexibility index (Phi) is 6.86. The number of halogens is 1. The molecule has 0 saturated heterocycles. The minimum absolute atomic E-state index is 0.0440.